The second-order valence-electron chi connectivity index (χ2n) is 5.71. The Morgan fingerprint density at radius 3 is 2.84 bits per heavy atom. The molecule has 3 heteroatoms. The Balaban J connectivity index is 2.19. The Labute approximate surface area is 116 Å². The maximum absolute atomic E-state index is 6.29. The fourth-order valence-electron chi connectivity index (χ4n) is 2.89. The SMILES string of the molecule is CCCOc1cccc(N2CCC(C)CC2C)c1N. The van der Waals surface area contributed by atoms with Crippen molar-refractivity contribution >= 4 is 11.4 Å². The third kappa shape index (κ3) is 3.14. The van der Waals surface area contributed by atoms with E-state index in [0.29, 0.717) is 6.04 Å². The maximum atomic E-state index is 6.29. The highest BCUT2D eigenvalue weighted by molar-refractivity contribution is 5.74. The lowest BCUT2D eigenvalue weighted by Crippen LogP contribution is -2.40. The summed E-state index contributed by atoms with van der Waals surface area (Å²) >= 11 is 0. The first-order valence-electron chi connectivity index (χ1n) is 7.41. The first-order valence-corrected chi connectivity index (χ1v) is 7.41. The molecule has 1 aromatic carbocycles. The Morgan fingerprint density at radius 2 is 2.16 bits per heavy atom. The van der Waals surface area contributed by atoms with Crippen LogP contribution in [0.25, 0.3) is 0 Å². The van der Waals surface area contributed by atoms with E-state index in [1.165, 1.54) is 12.8 Å². The minimum atomic E-state index is 0.549. The van der Waals surface area contributed by atoms with E-state index in [4.69, 9.17) is 10.5 Å². The summed E-state index contributed by atoms with van der Waals surface area (Å²) < 4.78 is 5.72. The minimum Gasteiger partial charge on any atom is -0.491 e. The number of para-hydroxylation sites is 1. The second-order valence-corrected chi connectivity index (χ2v) is 5.71. The highest BCUT2D eigenvalue weighted by Crippen LogP contribution is 2.36. The number of rotatable bonds is 4. The van der Waals surface area contributed by atoms with E-state index < -0.39 is 0 Å². The van der Waals surface area contributed by atoms with Gasteiger partial charge in [0.15, 0.2) is 0 Å². The highest BCUT2D eigenvalue weighted by atomic mass is 16.5. The molecule has 106 valence electrons. The van der Waals surface area contributed by atoms with Crippen molar-refractivity contribution < 1.29 is 4.74 Å². The van der Waals surface area contributed by atoms with Crippen molar-refractivity contribution in [1.82, 2.24) is 0 Å². The topological polar surface area (TPSA) is 38.5 Å². The molecule has 0 amide bonds. The lowest BCUT2D eigenvalue weighted by Gasteiger charge is -2.39. The first kappa shape index (κ1) is 14.0. The predicted octanol–water partition coefficient (Wildman–Crippen LogP) is 3.68. The highest BCUT2D eigenvalue weighted by Gasteiger charge is 2.25. The van der Waals surface area contributed by atoms with Crippen molar-refractivity contribution in [2.24, 2.45) is 5.92 Å². The minimum absolute atomic E-state index is 0.549. The van der Waals surface area contributed by atoms with Gasteiger partial charge in [-0.05, 0) is 44.2 Å². The van der Waals surface area contributed by atoms with Gasteiger partial charge in [-0.2, -0.15) is 0 Å². The van der Waals surface area contributed by atoms with E-state index in [2.05, 4.69) is 31.7 Å². The van der Waals surface area contributed by atoms with Crippen molar-refractivity contribution in [1.29, 1.82) is 0 Å². The van der Waals surface area contributed by atoms with Crippen LogP contribution in [0.15, 0.2) is 18.2 Å². The van der Waals surface area contributed by atoms with Gasteiger partial charge in [-0.1, -0.05) is 19.9 Å². The molecule has 0 bridgehead atoms. The van der Waals surface area contributed by atoms with E-state index >= 15 is 0 Å². The van der Waals surface area contributed by atoms with Gasteiger partial charge >= 0.3 is 0 Å². The van der Waals surface area contributed by atoms with Gasteiger partial charge in [0, 0.05) is 12.6 Å². The summed E-state index contributed by atoms with van der Waals surface area (Å²) in [6, 6.07) is 6.67. The van der Waals surface area contributed by atoms with Gasteiger partial charge in [0.1, 0.15) is 5.75 Å². The van der Waals surface area contributed by atoms with Gasteiger partial charge < -0.3 is 15.4 Å². The zero-order valence-electron chi connectivity index (χ0n) is 12.4. The van der Waals surface area contributed by atoms with Crippen LogP contribution in [0.4, 0.5) is 11.4 Å². The molecule has 2 rings (SSSR count). The number of ether oxygens (including phenoxy) is 1. The molecular weight excluding hydrogens is 236 g/mol. The lowest BCUT2D eigenvalue weighted by atomic mass is 9.93. The van der Waals surface area contributed by atoms with Crippen molar-refractivity contribution in [3.63, 3.8) is 0 Å². The zero-order valence-corrected chi connectivity index (χ0v) is 12.4. The van der Waals surface area contributed by atoms with Crippen molar-refractivity contribution in [3.05, 3.63) is 18.2 Å². The van der Waals surface area contributed by atoms with Crippen LogP contribution in [0.1, 0.15) is 40.0 Å². The summed E-state index contributed by atoms with van der Waals surface area (Å²) in [6.45, 7) is 8.53. The van der Waals surface area contributed by atoms with E-state index in [1.54, 1.807) is 0 Å². The molecule has 1 fully saturated rings. The summed E-state index contributed by atoms with van der Waals surface area (Å²) in [4.78, 5) is 2.42. The van der Waals surface area contributed by atoms with Crippen LogP contribution >= 0.6 is 0 Å². The first-order chi connectivity index (χ1) is 9.13. The lowest BCUT2D eigenvalue weighted by molar-refractivity contribution is 0.319. The summed E-state index contributed by atoms with van der Waals surface area (Å²) in [5.41, 5.74) is 8.21. The summed E-state index contributed by atoms with van der Waals surface area (Å²) in [6.07, 6.45) is 3.48. The number of hydrogen-bond acceptors (Lipinski definition) is 3. The molecule has 1 heterocycles. The summed E-state index contributed by atoms with van der Waals surface area (Å²) in [7, 11) is 0. The molecule has 2 unspecified atom stereocenters. The predicted molar refractivity (Wildman–Crippen MR) is 81.8 cm³/mol. The van der Waals surface area contributed by atoms with Crippen molar-refractivity contribution in [2.45, 2.75) is 46.1 Å². The average molecular weight is 262 g/mol. The molecule has 19 heavy (non-hydrogen) atoms. The van der Waals surface area contributed by atoms with Crippen LogP contribution < -0.4 is 15.4 Å². The fraction of sp³-hybridized carbons (Fsp3) is 0.625. The molecule has 1 aromatic rings. The van der Waals surface area contributed by atoms with Crippen LogP contribution in [-0.2, 0) is 0 Å². The second kappa shape index (κ2) is 6.18. The van der Waals surface area contributed by atoms with Gasteiger partial charge in [-0.3, -0.25) is 0 Å². The molecule has 0 aliphatic carbocycles. The number of piperidine rings is 1. The molecule has 0 saturated carbocycles. The molecule has 1 saturated heterocycles. The Hall–Kier alpha value is -1.38. The number of nitrogens with two attached hydrogens (primary N) is 1. The van der Waals surface area contributed by atoms with Gasteiger partial charge in [-0.15, -0.1) is 0 Å². The molecule has 1 aliphatic rings. The Bertz CT molecular complexity index is 419. The number of nitrogens with zero attached hydrogens (tertiary/aromatic N) is 1. The van der Waals surface area contributed by atoms with Gasteiger partial charge in [0.25, 0.3) is 0 Å². The van der Waals surface area contributed by atoms with Crippen LogP contribution in [0.5, 0.6) is 5.75 Å². The van der Waals surface area contributed by atoms with E-state index in [0.717, 1.165) is 42.6 Å². The smallest absolute Gasteiger partial charge is 0.144 e. The summed E-state index contributed by atoms with van der Waals surface area (Å²) in [5.74, 6) is 1.64. The molecule has 2 atom stereocenters. The normalized spacial score (nSPS) is 23.4. The van der Waals surface area contributed by atoms with Crippen LogP contribution in [0.2, 0.25) is 0 Å². The molecule has 0 aromatic heterocycles. The standard InChI is InChI=1S/C16H26N2O/c1-4-10-19-15-7-5-6-14(16(15)17)18-9-8-12(2)11-13(18)3/h5-7,12-13H,4,8-11,17H2,1-3H3. The maximum Gasteiger partial charge on any atom is 0.144 e. The van der Waals surface area contributed by atoms with Gasteiger partial charge in [0.05, 0.1) is 18.0 Å². The monoisotopic (exact) mass is 262 g/mol. The van der Waals surface area contributed by atoms with Crippen LogP contribution in [0.3, 0.4) is 0 Å². The quantitative estimate of drug-likeness (QED) is 0.841. The van der Waals surface area contributed by atoms with E-state index in [-0.39, 0.29) is 0 Å². The largest absolute Gasteiger partial charge is 0.491 e. The third-order valence-corrected chi connectivity index (χ3v) is 3.95. The number of hydrogen-bond donors (Lipinski definition) is 1. The molecule has 2 N–H and O–H groups in total. The number of anilines is 2. The molecule has 0 radical (unpaired) electrons. The third-order valence-electron chi connectivity index (χ3n) is 3.95. The Kier molecular flexibility index (Phi) is 4.56. The molecular formula is C16H26N2O. The number of benzene rings is 1. The van der Waals surface area contributed by atoms with Crippen molar-refractivity contribution in [3.8, 4) is 5.75 Å². The summed E-state index contributed by atoms with van der Waals surface area (Å²) in [5, 5.41) is 0. The van der Waals surface area contributed by atoms with Crippen LogP contribution in [-0.4, -0.2) is 19.2 Å². The molecule has 0 spiro atoms. The fourth-order valence-corrected chi connectivity index (χ4v) is 2.89. The number of nitrogen functional groups attached to an aromatic ring is 1. The van der Waals surface area contributed by atoms with Crippen LogP contribution in [0, 0.1) is 5.92 Å². The van der Waals surface area contributed by atoms with Gasteiger partial charge in [0.2, 0.25) is 0 Å². The van der Waals surface area contributed by atoms with E-state index in [9.17, 15) is 0 Å². The molecule has 1 aliphatic heterocycles. The van der Waals surface area contributed by atoms with Crippen molar-refractivity contribution in [2.75, 3.05) is 23.8 Å². The zero-order chi connectivity index (χ0) is 13.8. The Morgan fingerprint density at radius 1 is 1.37 bits per heavy atom. The molecule has 3 nitrogen and oxygen atoms in total. The average Bonchev–Trinajstić information content (AvgIpc) is 2.38. The van der Waals surface area contributed by atoms with E-state index in [1.807, 2.05) is 12.1 Å². The van der Waals surface area contributed by atoms with Gasteiger partial charge in [-0.25, -0.2) is 0 Å².